The number of aliphatic imine (C=N–C) groups is 1. The predicted molar refractivity (Wildman–Crippen MR) is 108 cm³/mol. The molecule has 27 heavy (non-hydrogen) atoms. The van der Waals surface area contributed by atoms with Gasteiger partial charge in [0, 0.05) is 31.0 Å². The standard InChI is InChI=1S/C19H18ClN5OS/c1-24-9-8-21-18(24)13-2-4-15(5-3-13)25-11-14(23-12-25)10-22-19(26)16-6-7-17(20)27-16/h2-7,11-12H,8-10H2,1H3,(H,22,26). The van der Waals surface area contributed by atoms with Crippen molar-refractivity contribution in [2.45, 2.75) is 6.54 Å². The summed E-state index contributed by atoms with van der Waals surface area (Å²) in [6, 6.07) is 11.7. The molecule has 1 aliphatic rings. The van der Waals surface area contributed by atoms with Crippen LogP contribution >= 0.6 is 22.9 Å². The number of hydrogen-bond donors (Lipinski definition) is 1. The Morgan fingerprint density at radius 2 is 2.07 bits per heavy atom. The summed E-state index contributed by atoms with van der Waals surface area (Å²) < 4.78 is 2.54. The summed E-state index contributed by atoms with van der Waals surface area (Å²) in [5.41, 5.74) is 2.91. The van der Waals surface area contributed by atoms with Crippen molar-refractivity contribution >= 4 is 34.7 Å². The molecule has 0 spiro atoms. The van der Waals surface area contributed by atoms with Crippen molar-refractivity contribution in [1.29, 1.82) is 0 Å². The van der Waals surface area contributed by atoms with Crippen molar-refractivity contribution in [1.82, 2.24) is 19.8 Å². The van der Waals surface area contributed by atoms with Gasteiger partial charge in [0.15, 0.2) is 0 Å². The molecule has 0 unspecified atom stereocenters. The maximum Gasteiger partial charge on any atom is 0.261 e. The molecule has 138 valence electrons. The summed E-state index contributed by atoms with van der Waals surface area (Å²) in [6.45, 7) is 2.17. The Bertz CT molecular complexity index is 992. The fourth-order valence-corrected chi connectivity index (χ4v) is 3.88. The maximum atomic E-state index is 12.1. The summed E-state index contributed by atoms with van der Waals surface area (Å²) >= 11 is 7.13. The van der Waals surface area contributed by atoms with Gasteiger partial charge >= 0.3 is 0 Å². The first-order chi connectivity index (χ1) is 13.1. The Labute approximate surface area is 166 Å². The van der Waals surface area contributed by atoms with E-state index >= 15 is 0 Å². The van der Waals surface area contributed by atoms with E-state index in [0.29, 0.717) is 15.8 Å². The molecule has 0 saturated carbocycles. The molecule has 1 N–H and O–H groups in total. The SMILES string of the molecule is CN1CCN=C1c1ccc(-n2cnc(CNC(=O)c3ccc(Cl)s3)c2)cc1. The molecule has 0 radical (unpaired) electrons. The number of aromatic nitrogens is 2. The van der Waals surface area contributed by atoms with Gasteiger partial charge in [0.1, 0.15) is 5.84 Å². The van der Waals surface area contributed by atoms with E-state index < -0.39 is 0 Å². The fraction of sp³-hybridized carbons (Fsp3) is 0.211. The highest BCUT2D eigenvalue weighted by molar-refractivity contribution is 7.17. The van der Waals surface area contributed by atoms with E-state index in [1.54, 1.807) is 18.5 Å². The first-order valence-corrected chi connectivity index (χ1v) is 9.72. The van der Waals surface area contributed by atoms with Crippen LogP contribution in [0, 0.1) is 0 Å². The zero-order chi connectivity index (χ0) is 18.8. The van der Waals surface area contributed by atoms with Gasteiger partial charge in [0.2, 0.25) is 0 Å². The van der Waals surface area contributed by atoms with Crippen molar-refractivity contribution in [3.05, 3.63) is 69.4 Å². The predicted octanol–water partition coefficient (Wildman–Crippen LogP) is 3.21. The smallest absolute Gasteiger partial charge is 0.261 e. The lowest BCUT2D eigenvalue weighted by atomic mass is 10.2. The quantitative estimate of drug-likeness (QED) is 0.716. The number of benzene rings is 1. The number of rotatable bonds is 5. The van der Waals surface area contributed by atoms with Gasteiger partial charge in [-0.3, -0.25) is 9.79 Å². The average Bonchev–Trinajstić information content (AvgIpc) is 3.41. The van der Waals surface area contributed by atoms with Crippen LogP contribution in [0.15, 0.2) is 53.9 Å². The van der Waals surface area contributed by atoms with Gasteiger partial charge in [-0.25, -0.2) is 4.98 Å². The minimum atomic E-state index is -0.146. The molecule has 0 fully saturated rings. The van der Waals surface area contributed by atoms with Gasteiger partial charge in [0.05, 0.1) is 34.3 Å². The number of halogens is 1. The lowest BCUT2D eigenvalue weighted by Crippen LogP contribution is -2.23. The normalized spacial score (nSPS) is 13.7. The molecular weight excluding hydrogens is 382 g/mol. The van der Waals surface area contributed by atoms with Crippen LogP contribution in [-0.4, -0.2) is 46.3 Å². The zero-order valence-corrected chi connectivity index (χ0v) is 16.3. The number of nitrogens with one attached hydrogen (secondary N) is 1. The van der Waals surface area contributed by atoms with Crippen molar-refractivity contribution in [2.75, 3.05) is 20.1 Å². The van der Waals surface area contributed by atoms with Crippen LogP contribution in [0.1, 0.15) is 20.9 Å². The van der Waals surface area contributed by atoms with Crippen LogP contribution < -0.4 is 5.32 Å². The molecule has 8 heteroatoms. The molecule has 2 aromatic heterocycles. The molecular formula is C19H18ClN5OS. The Morgan fingerprint density at radius 1 is 1.26 bits per heavy atom. The number of thiophene rings is 1. The number of amidine groups is 1. The Morgan fingerprint density at radius 3 is 2.74 bits per heavy atom. The van der Waals surface area contributed by atoms with Crippen molar-refractivity contribution in [3.8, 4) is 5.69 Å². The molecule has 1 aromatic carbocycles. The third-order valence-electron chi connectivity index (χ3n) is 4.35. The summed E-state index contributed by atoms with van der Waals surface area (Å²) in [5, 5.41) is 2.86. The first-order valence-electron chi connectivity index (χ1n) is 8.53. The minimum Gasteiger partial charge on any atom is -0.358 e. The number of nitrogens with zero attached hydrogens (tertiary/aromatic N) is 4. The van der Waals surface area contributed by atoms with E-state index in [9.17, 15) is 4.79 Å². The third kappa shape index (κ3) is 3.89. The van der Waals surface area contributed by atoms with Crippen molar-refractivity contribution in [2.24, 2.45) is 4.99 Å². The van der Waals surface area contributed by atoms with E-state index in [1.807, 2.05) is 22.9 Å². The minimum absolute atomic E-state index is 0.146. The van der Waals surface area contributed by atoms with Gasteiger partial charge < -0.3 is 14.8 Å². The lowest BCUT2D eigenvalue weighted by Gasteiger charge is -2.14. The summed E-state index contributed by atoms with van der Waals surface area (Å²) in [5.74, 6) is 0.886. The van der Waals surface area contributed by atoms with Crippen LogP contribution in [0.4, 0.5) is 0 Å². The second-order valence-corrected chi connectivity index (χ2v) is 7.95. The van der Waals surface area contributed by atoms with E-state index in [-0.39, 0.29) is 5.91 Å². The van der Waals surface area contributed by atoms with E-state index in [4.69, 9.17) is 11.6 Å². The van der Waals surface area contributed by atoms with Gasteiger partial charge in [-0.15, -0.1) is 11.3 Å². The van der Waals surface area contributed by atoms with Crippen LogP contribution in [-0.2, 0) is 6.54 Å². The van der Waals surface area contributed by atoms with Crippen LogP contribution in [0.5, 0.6) is 0 Å². The third-order valence-corrected chi connectivity index (χ3v) is 5.58. The molecule has 4 rings (SSSR count). The molecule has 1 aliphatic heterocycles. The molecule has 6 nitrogen and oxygen atoms in total. The lowest BCUT2D eigenvalue weighted by molar-refractivity contribution is 0.0954. The van der Waals surface area contributed by atoms with Crippen LogP contribution in [0.3, 0.4) is 0 Å². The number of imidazole rings is 1. The Hall–Kier alpha value is -2.64. The highest BCUT2D eigenvalue weighted by Gasteiger charge is 2.14. The number of carbonyl (C=O) groups excluding carboxylic acids is 1. The van der Waals surface area contributed by atoms with Gasteiger partial charge in [-0.2, -0.15) is 0 Å². The molecule has 0 atom stereocenters. The average molecular weight is 400 g/mol. The van der Waals surface area contributed by atoms with Crippen LogP contribution in [0.25, 0.3) is 5.69 Å². The molecule has 0 aliphatic carbocycles. The first kappa shape index (κ1) is 17.8. The highest BCUT2D eigenvalue weighted by atomic mass is 35.5. The van der Waals surface area contributed by atoms with E-state index in [0.717, 1.165) is 35.9 Å². The molecule has 3 aromatic rings. The molecule has 1 amide bonds. The summed E-state index contributed by atoms with van der Waals surface area (Å²) in [7, 11) is 2.06. The Kier molecular flexibility index (Phi) is 4.96. The number of hydrogen-bond acceptors (Lipinski definition) is 5. The van der Waals surface area contributed by atoms with E-state index in [2.05, 4.69) is 39.4 Å². The van der Waals surface area contributed by atoms with Gasteiger partial charge in [-0.05, 0) is 36.4 Å². The maximum absolute atomic E-state index is 12.1. The van der Waals surface area contributed by atoms with Crippen molar-refractivity contribution < 1.29 is 4.79 Å². The molecule has 3 heterocycles. The molecule has 0 bridgehead atoms. The Balaban J connectivity index is 1.41. The second-order valence-electron chi connectivity index (χ2n) is 6.23. The zero-order valence-electron chi connectivity index (χ0n) is 14.7. The van der Waals surface area contributed by atoms with Crippen LogP contribution in [0.2, 0.25) is 4.34 Å². The topological polar surface area (TPSA) is 62.5 Å². The van der Waals surface area contributed by atoms with E-state index in [1.165, 1.54) is 11.3 Å². The van der Waals surface area contributed by atoms with Gasteiger partial charge in [0.25, 0.3) is 5.91 Å². The summed E-state index contributed by atoms with van der Waals surface area (Å²) in [6.07, 6.45) is 3.66. The van der Waals surface area contributed by atoms with Crippen molar-refractivity contribution in [3.63, 3.8) is 0 Å². The molecule has 0 saturated heterocycles. The fourth-order valence-electron chi connectivity index (χ4n) is 2.92. The number of amides is 1. The number of likely N-dealkylation sites (N-methyl/N-ethyl adjacent to an activating group) is 1. The number of carbonyl (C=O) groups is 1. The second kappa shape index (κ2) is 7.54. The van der Waals surface area contributed by atoms with Gasteiger partial charge in [-0.1, -0.05) is 11.6 Å². The monoisotopic (exact) mass is 399 g/mol. The highest BCUT2D eigenvalue weighted by Crippen LogP contribution is 2.21. The largest absolute Gasteiger partial charge is 0.358 e. The summed E-state index contributed by atoms with van der Waals surface area (Å²) in [4.78, 5) is 23.7.